The van der Waals surface area contributed by atoms with E-state index in [1.165, 1.54) is 58.4 Å². The molecule has 0 aliphatic carbocycles. The molecule has 2 aliphatic rings. The number of nitrogens with zero attached hydrogens (tertiary/aromatic N) is 2. The summed E-state index contributed by atoms with van der Waals surface area (Å²) in [5.41, 5.74) is 0. The van der Waals surface area contributed by atoms with Gasteiger partial charge < -0.3 is 4.90 Å². The Labute approximate surface area is 105 Å². The molecule has 2 saturated heterocycles. The summed E-state index contributed by atoms with van der Waals surface area (Å²) in [6, 6.07) is 0.872. The SMILES string of the molecule is CC(CCCl)CCN1CCN2CCCC2C1. The van der Waals surface area contributed by atoms with E-state index in [-0.39, 0.29) is 0 Å². The maximum atomic E-state index is 5.77. The largest absolute Gasteiger partial charge is 0.301 e. The summed E-state index contributed by atoms with van der Waals surface area (Å²) < 4.78 is 0. The molecule has 94 valence electrons. The Bertz CT molecular complexity index is 210. The zero-order chi connectivity index (χ0) is 11.4. The highest BCUT2D eigenvalue weighted by molar-refractivity contribution is 6.17. The highest BCUT2D eigenvalue weighted by atomic mass is 35.5. The smallest absolute Gasteiger partial charge is 0.0225 e. The van der Waals surface area contributed by atoms with Crippen LogP contribution in [-0.4, -0.2) is 54.4 Å². The molecular weight excluding hydrogens is 220 g/mol. The van der Waals surface area contributed by atoms with Gasteiger partial charge in [0.2, 0.25) is 0 Å². The lowest BCUT2D eigenvalue weighted by atomic mass is 10.0. The van der Waals surface area contributed by atoms with Crippen LogP contribution in [0.2, 0.25) is 0 Å². The normalized spacial score (nSPS) is 29.2. The number of fused-ring (bicyclic) bond motifs is 1. The average molecular weight is 245 g/mol. The molecule has 3 heteroatoms. The zero-order valence-corrected chi connectivity index (χ0v) is 11.3. The molecule has 2 atom stereocenters. The lowest BCUT2D eigenvalue weighted by molar-refractivity contribution is 0.100. The highest BCUT2D eigenvalue weighted by Gasteiger charge is 2.30. The van der Waals surface area contributed by atoms with Gasteiger partial charge in [-0.3, -0.25) is 4.90 Å². The third-order valence-electron chi connectivity index (χ3n) is 4.21. The van der Waals surface area contributed by atoms with Crippen LogP contribution in [0.1, 0.15) is 32.6 Å². The molecule has 2 fully saturated rings. The van der Waals surface area contributed by atoms with E-state index in [0.717, 1.165) is 17.8 Å². The van der Waals surface area contributed by atoms with E-state index in [0.29, 0.717) is 0 Å². The molecule has 0 saturated carbocycles. The van der Waals surface area contributed by atoms with Crippen molar-refractivity contribution >= 4 is 11.6 Å². The van der Waals surface area contributed by atoms with E-state index < -0.39 is 0 Å². The Balaban J connectivity index is 1.67. The van der Waals surface area contributed by atoms with E-state index in [9.17, 15) is 0 Å². The number of rotatable bonds is 5. The molecule has 16 heavy (non-hydrogen) atoms. The Morgan fingerprint density at radius 2 is 2.12 bits per heavy atom. The Morgan fingerprint density at radius 3 is 2.94 bits per heavy atom. The Morgan fingerprint density at radius 1 is 1.25 bits per heavy atom. The minimum atomic E-state index is 0.791. The molecular formula is C13H25ClN2. The number of hydrogen-bond donors (Lipinski definition) is 0. The highest BCUT2D eigenvalue weighted by Crippen LogP contribution is 2.22. The Hall–Kier alpha value is 0.210. The van der Waals surface area contributed by atoms with Gasteiger partial charge in [-0.2, -0.15) is 0 Å². The summed E-state index contributed by atoms with van der Waals surface area (Å²) in [7, 11) is 0. The first kappa shape index (κ1) is 12.7. The van der Waals surface area contributed by atoms with Crippen LogP contribution in [0.25, 0.3) is 0 Å². The van der Waals surface area contributed by atoms with Gasteiger partial charge in [0.25, 0.3) is 0 Å². The predicted octanol–water partition coefficient (Wildman–Crippen LogP) is 2.42. The van der Waals surface area contributed by atoms with Crippen LogP contribution >= 0.6 is 11.6 Å². The lowest BCUT2D eigenvalue weighted by Gasteiger charge is -2.37. The molecule has 2 unspecified atom stereocenters. The van der Waals surface area contributed by atoms with Crippen molar-refractivity contribution in [3.05, 3.63) is 0 Å². The minimum absolute atomic E-state index is 0.791. The van der Waals surface area contributed by atoms with Gasteiger partial charge in [0.05, 0.1) is 0 Å². The molecule has 0 spiro atoms. The summed E-state index contributed by atoms with van der Waals surface area (Å²) in [6.07, 6.45) is 5.33. The molecule has 0 aromatic heterocycles. The molecule has 2 nitrogen and oxygen atoms in total. The van der Waals surface area contributed by atoms with Gasteiger partial charge in [-0.05, 0) is 44.7 Å². The second kappa shape index (κ2) is 6.23. The van der Waals surface area contributed by atoms with Crippen LogP contribution in [-0.2, 0) is 0 Å². The van der Waals surface area contributed by atoms with Gasteiger partial charge in [-0.1, -0.05) is 6.92 Å². The van der Waals surface area contributed by atoms with E-state index in [4.69, 9.17) is 11.6 Å². The molecule has 0 aromatic rings. The van der Waals surface area contributed by atoms with Crippen molar-refractivity contribution in [3.8, 4) is 0 Å². The quantitative estimate of drug-likeness (QED) is 0.686. The van der Waals surface area contributed by atoms with Crippen LogP contribution < -0.4 is 0 Å². The number of piperazine rings is 1. The molecule has 0 N–H and O–H groups in total. The average Bonchev–Trinajstić information content (AvgIpc) is 2.74. The van der Waals surface area contributed by atoms with E-state index in [1.54, 1.807) is 0 Å². The minimum Gasteiger partial charge on any atom is -0.301 e. The van der Waals surface area contributed by atoms with Gasteiger partial charge in [0.15, 0.2) is 0 Å². The maximum absolute atomic E-state index is 5.77. The van der Waals surface area contributed by atoms with Gasteiger partial charge in [-0.25, -0.2) is 0 Å². The van der Waals surface area contributed by atoms with Crippen molar-refractivity contribution < 1.29 is 0 Å². The van der Waals surface area contributed by atoms with Crippen LogP contribution in [0, 0.1) is 5.92 Å². The van der Waals surface area contributed by atoms with Crippen LogP contribution in [0.4, 0.5) is 0 Å². The van der Waals surface area contributed by atoms with Crippen molar-refractivity contribution in [2.75, 3.05) is 38.6 Å². The van der Waals surface area contributed by atoms with Crippen molar-refractivity contribution in [2.45, 2.75) is 38.6 Å². The van der Waals surface area contributed by atoms with E-state index >= 15 is 0 Å². The first-order chi connectivity index (χ1) is 7.79. The monoisotopic (exact) mass is 244 g/mol. The summed E-state index contributed by atoms with van der Waals surface area (Å²) >= 11 is 5.77. The third kappa shape index (κ3) is 3.35. The topological polar surface area (TPSA) is 6.48 Å². The maximum Gasteiger partial charge on any atom is 0.0225 e. The summed E-state index contributed by atoms with van der Waals surface area (Å²) in [6.45, 7) is 8.85. The fourth-order valence-corrected chi connectivity index (χ4v) is 3.36. The van der Waals surface area contributed by atoms with Gasteiger partial charge in [-0.15, -0.1) is 11.6 Å². The lowest BCUT2D eigenvalue weighted by Crippen LogP contribution is -2.50. The summed E-state index contributed by atoms with van der Waals surface area (Å²) in [5.74, 6) is 1.61. The fourth-order valence-electron chi connectivity index (χ4n) is 2.99. The predicted molar refractivity (Wildman–Crippen MR) is 70.2 cm³/mol. The number of hydrogen-bond acceptors (Lipinski definition) is 2. The molecule has 0 amide bonds. The second-order valence-corrected chi connectivity index (χ2v) is 5.88. The molecule has 2 rings (SSSR count). The molecule has 2 aliphatic heterocycles. The Kier molecular flexibility index (Phi) is 4.93. The molecule has 0 bridgehead atoms. The van der Waals surface area contributed by atoms with Gasteiger partial charge in [0, 0.05) is 31.6 Å². The van der Waals surface area contributed by atoms with Crippen molar-refractivity contribution in [3.63, 3.8) is 0 Å². The summed E-state index contributed by atoms with van der Waals surface area (Å²) in [4.78, 5) is 5.34. The van der Waals surface area contributed by atoms with Crippen molar-refractivity contribution in [2.24, 2.45) is 5.92 Å². The van der Waals surface area contributed by atoms with E-state index in [1.807, 2.05) is 0 Å². The first-order valence-electron chi connectivity index (χ1n) is 6.82. The number of alkyl halides is 1. The van der Waals surface area contributed by atoms with Gasteiger partial charge >= 0.3 is 0 Å². The molecule has 0 radical (unpaired) electrons. The van der Waals surface area contributed by atoms with Crippen LogP contribution in [0.5, 0.6) is 0 Å². The fraction of sp³-hybridized carbons (Fsp3) is 1.00. The first-order valence-corrected chi connectivity index (χ1v) is 7.35. The standard InChI is InChI=1S/C13H25ClN2/c1-12(4-6-14)5-8-15-9-10-16-7-2-3-13(16)11-15/h12-13H,2-11H2,1H3. The number of halogens is 1. The summed E-state index contributed by atoms with van der Waals surface area (Å²) in [5, 5.41) is 0. The van der Waals surface area contributed by atoms with Crippen LogP contribution in [0.3, 0.4) is 0 Å². The van der Waals surface area contributed by atoms with Gasteiger partial charge in [0.1, 0.15) is 0 Å². The van der Waals surface area contributed by atoms with Crippen molar-refractivity contribution in [1.82, 2.24) is 9.80 Å². The third-order valence-corrected chi connectivity index (χ3v) is 4.43. The molecule has 2 heterocycles. The zero-order valence-electron chi connectivity index (χ0n) is 10.5. The van der Waals surface area contributed by atoms with E-state index in [2.05, 4.69) is 16.7 Å². The second-order valence-electron chi connectivity index (χ2n) is 5.50. The molecule has 0 aromatic carbocycles. The van der Waals surface area contributed by atoms with Crippen molar-refractivity contribution in [1.29, 1.82) is 0 Å². The van der Waals surface area contributed by atoms with Crippen LogP contribution in [0.15, 0.2) is 0 Å².